The van der Waals surface area contributed by atoms with Crippen LogP contribution in [0.5, 0.6) is 0 Å². The van der Waals surface area contributed by atoms with Crippen LogP contribution in [0.25, 0.3) is 0 Å². The summed E-state index contributed by atoms with van der Waals surface area (Å²) in [6.45, 7) is 0. The first-order valence-corrected chi connectivity index (χ1v) is 7.61. The first kappa shape index (κ1) is 18.5. The number of hydrogen-bond acceptors (Lipinski definition) is 6. The van der Waals surface area contributed by atoms with E-state index in [4.69, 9.17) is 0 Å². The summed E-state index contributed by atoms with van der Waals surface area (Å²) in [6.07, 6.45) is -10.1. The SMILES string of the molecule is O[C@H]([C@@H](O)[C@@H](O)[C@H](O)c1ccccc1)[C@@H](O)[C@H](O)c1ccccc1. The molecule has 6 heteroatoms. The fourth-order valence-corrected chi connectivity index (χ4v) is 2.47. The maximum absolute atomic E-state index is 10.1. The summed E-state index contributed by atoms with van der Waals surface area (Å²) < 4.78 is 0. The zero-order chi connectivity index (χ0) is 17.7. The fraction of sp³-hybridized carbons (Fsp3) is 0.333. The molecule has 0 spiro atoms. The minimum atomic E-state index is -1.85. The van der Waals surface area contributed by atoms with Gasteiger partial charge in [-0.2, -0.15) is 0 Å². The summed E-state index contributed by atoms with van der Waals surface area (Å²) in [4.78, 5) is 0. The van der Waals surface area contributed by atoms with Gasteiger partial charge in [-0.05, 0) is 11.1 Å². The summed E-state index contributed by atoms with van der Waals surface area (Å²) >= 11 is 0. The van der Waals surface area contributed by atoms with E-state index in [1.165, 1.54) is 0 Å². The van der Waals surface area contributed by atoms with Gasteiger partial charge in [-0.1, -0.05) is 60.7 Å². The van der Waals surface area contributed by atoms with Gasteiger partial charge in [-0.25, -0.2) is 0 Å². The molecule has 6 nitrogen and oxygen atoms in total. The van der Waals surface area contributed by atoms with Gasteiger partial charge in [0, 0.05) is 0 Å². The summed E-state index contributed by atoms with van der Waals surface area (Å²) in [5, 5.41) is 60.4. The molecule has 0 amide bonds. The fourth-order valence-electron chi connectivity index (χ4n) is 2.47. The highest BCUT2D eigenvalue weighted by Gasteiger charge is 2.37. The van der Waals surface area contributed by atoms with Crippen molar-refractivity contribution < 1.29 is 30.6 Å². The Morgan fingerprint density at radius 1 is 0.417 bits per heavy atom. The predicted octanol–water partition coefficient (Wildman–Crippen LogP) is -0.103. The van der Waals surface area contributed by atoms with Crippen molar-refractivity contribution in [2.75, 3.05) is 0 Å². The Bertz CT molecular complexity index is 550. The Hall–Kier alpha value is -1.80. The molecule has 2 rings (SSSR count). The van der Waals surface area contributed by atoms with Gasteiger partial charge < -0.3 is 30.6 Å². The normalized spacial score (nSPS) is 19.1. The van der Waals surface area contributed by atoms with Gasteiger partial charge in [0.15, 0.2) is 0 Å². The molecule has 0 aliphatic carbocycles. The van der Waals surface area contributed by atoms with Crippen LogP contribution in [-0.2, 0) is 0 Å². The average Bonchev–Trinajstić information content (AvgIpc) is 2.65. The standard InChI is InChI=1S/C18H22O6/c19-13(11-7-3-1-4-8-11)15(21)17(23)18(24)16(22)14(20)12-9-5-2-6-10-12/h1-10,13-24H/t13-,14-,15+,16+,17+,18+/m1/s1. The Labute approximate surface area is 139 Å². The highest BCUT2D eigenvalue weighted by molar-refractivity contribution is 5.20. The van der Waals surface area contributed by atoms with Crippen LogP contribution in [0.1, 0.15) is 23.3 Å². The minimum absolute atomic E-state index is 0.356. The predicted molar refractivity (Wildman–Crippen MR) is 86.8 cm³/mol. The van der Waals surface area contributed by atoms with Crippen LogP contribution in [0.15, 0.2) is 60.7 Å². The molecule has 0 heterocycles. The van der Waals surface area contributed by atoms with Crippen LogP contribution in [0.2, 0.25) is 0 Å². The van der Waals surface area contributed by atoms with Gasteiger partial charge in [0.25, 0.3) is 0 Å². The molecule has 2 aromatic rings. The van der Waals surface area contributed by atoms with Crippen molar-refractivity contribution in [3.05, 3.63) is 71.8 Å². The van der Waals surface area contributed by atoms with E-state index in [0.29, 0.717) is 11.1 Å². The summed E-state index contributed by atoms with van der Waals surface area (Å²) in [5.41, 5.74) is 0.712. The lowest BCUT2D eigenvalue weighted by atomic mass is 9.91. The maximum Gasteiger partial charge on any atom is 0.113 e. The van der Waals surface area contributed by atoms with Crippen LogP contribution in [-0.4, -0.2) is 55.1 Å². The Morgan fingerprint density at radius 2 is 0.708 bits per heavy atom. The third kappa shape index (κ3) is 4.18. The number of benzene rings is 2. The smallest absolute Gasteiger partial charge is 0.113 e. The van der Waals surface area contributed by atoms with Crippen molar-refractivity contribution in [2.45, 2.75) is 36.6 Å². The lowest BCUT2D eigenvalue weighted by Gasteiger charge is -2.31. The van der Waals surface area contributed by atoms with Crippen LogP contribution in [0.3, 0.4) is 0 Å². The molecular formula is C18H22O6. The second kappa shape index (κ2) is 8.34. The molecule has 24 heavy (non-hydrogen) atoms. The molecule has 0 fully saturated rings. The molecule has 6 atom stereocenters. The molecule has 0 bridgehead atoms. The molecule has 0 radical (unpaired) electrons. The van der Waals surface area contributed by atoms with Gasteiger partial charge in [-0.3, -0.25) is 0 Å². The molecule has 0 aliphatic heterocycles. The van der Waals surface area contributed by atoms with Crippen molar-refractivity contribution in [3.8, 4) is 0 Å². The van der Waals surface area contributed by atoms with Crippen molar-refractivity contribution in [1.29, 1.82) is 0 Å². The van der Waals surface area contributed by atoms with E-state index in [9.17, 15) is 30.6 Å². The molecule has 6 N–H and O–H groups in total. The lowest BCUT2D eigenvalue weighted by Crippen LogP contribution is -2.48. The van der Waals surface area contributed by atoms with E-state index in [1.54, 1.807) is 60.7 Å². The molecular weight excluding hydrogens is 312 g/mol. The van der Waals surface area contributed by atoms with Gasteiger partial charge >= 0.3 is 0 Å². The number of rotatable bonds is 7. The van der Waals surface area contributed by atoms with E-state index in [0.717, 1.165) is 0 Å². The molecule has 0 aromatic heterocycles. The van der Waals surface area contributed by atoms with Crippen molar-refractivity contribution >= 4 is 0 Å². The average molecular weight is 334 g/mol. The van der Waals surface area contributed by atoms with Gasteiger partial charge in [-0.15, -0.1) is 0 Å². The Balaban J connectivity index is 2.06. The monoisotopic (exact) mass is 334 g/mol. The number of aliphatic hydroxyl groups is 6. The van der Waals surface area contributed by atoms with Gasteiger partial charge in [0.1, 0.15) is 36.6 Å². The van der Waals surface area contributed by atoms with Gasteiger partial charge in [0.2, 0.25) is 0 Å². The van der Waals surface area contributed by atoms with Crippen LogP contribution in [0, 0.1) is 0 Å². The lowest BCUT2D eigenvalue weighted by molar-refractivity contribution is -0.155. The van der Waals surface area contributed by atoms with Crippen LogP contribution < -0.4 is 0 Å². The topological polar surface area (TPSA) is 121 Å². The third-order valence-corrected chi connectivity index (χ3v) is 3.98. The molecule has 130 valence electrons. The van der Waals surface area contributed by atoms with Crippen LogP contribution in [0.4, 0.5) is 0 Å². The van der Waals surface area contributed by atoms with E-state index >= 15 is 0 Å². The van der Waals surface area contributed by atoms with Crippen molar-refractivity contribution in [3.63, 3.8) is 0 Å². The third-order valence-electron chi connectivity index (χ3n) is 3.98. The Morgan fingerprint density at radius 3 is 1.00 bits per heavy atom. The Kier molecular flexibility index (Phi) is 6.44. The van der Waals surface area contributed by atoms with E-state index in [-0.39, 0.29) is 0 Å². The van der Waals surface area contributed by atoms with Crippen molar-refractivity contribution in [2.24, 2.45) is 0 Å². The van der Waals surface area contributed by atoms with Crippen LogP contribution >= 0.6 is 0 Å². The highest BCUT2D eigenvalue weighted by Crippen LogP contribution is 2.25. The molecule has 0 saturated heterocycles. The van der Waals surface area contributed by atoms with Crippen molar-refractivity contribution in [1.82, 2.24) is 0 Å². The first-order valence-electron chi connectivity index (χ1n) is 7.61. The van der Waals surface area contributed by atoms with E-state index < -0.39 is 36.6 Å². The zero-order valence-corrected chi connectivity index (χ0v) is 12.9. The zero-order valence-electron chi connectivity index (χ0n) is 12.9. The molecule has 0 unspecified atom stereocenters. The summed E-state index contributed by atoms with van der Waals surface area (Å²) in [7, 11) is 0. The second-order valence-corrected chi connectivity index (χ2v) is 5.67. The number of aliphatic hydroxyl groups excluding tert-OH is 6. The van der Waals surface area contributed by atoms with Gasteiger partial charge in [0.05, 0.1) is 0 Å². The largest absolute Gasteiger partial charge is 0.387 e. The second-order valence-electron chi connectivity index (χ2n) is 5.67. The first-order chi connectivity index (χ1) is 11.4. The number of hydrogen-bond donors (Lipinski definition) is 6. The highest BCUT2D eigenvalue weighted by atomic mass is 16.4. The molecule has 0 saturated carbocycles. The van der Waals surface area contributed by atoms with E-state index in [1.807, 2.05) is 0 Å². The maximum atomic E-state index is 10.1. The summed E-state index contributed by atoms with van der Waals surface area (Å²) in [5.74, 6) is 0. The quantitative estimate of drug-likeness (QED) is 0.420. The minimum Gasteiger partial charge on any atom is -0.387 e. The summed E-state index contributed by atoms with van der Waals surface area (Å²) in [6, 6.07) is 16.3. The van der Waals surface area contributed by atoms with E-state index in [2.05, 4.69) is 0 Å². The molecule has 2 aromatic carbocycles. The molecule has 0 aliphatic rings.